The number of alkyl halides is 3. The smallest absolute Gasteiger partial charge is 0.326 e. The van der Waals surface area contributed by atoms with Crippen LogP contribution < -0.4 is 5.73 Å². The lowest BCUT2D eigenvalue weighted by Crippen LogP contribution is -2.11. The van der Waals surface area contributed by atoms with Gasteiger partial charge in [-0.25, -0.2) is 4.98 Å². The van der Waals surface area contributed by atoms with Gasteiger partial charge in [0.15, 0.2) is 0 Å². The Labute approximate surface area is 125 Å². The molecule has 21 heavy (non-hydrogen) atoms. The van der Waals surface area contributed by atoms with Crippen molar-refractivity contribution < 1.29 is 13.2 Å². The number of nitrogens with zero attached hydrogens (tertiary/aromatic N) is 1. The number of pyridine rings is 1. The Hall–Kier alpha value is -1.53. The third kappa shape index (κ3) is 3.98. The first-order valence-corrected chi connectivity index (χ1v) is 7.14. The topological polar surface area (TPSA) is 38.9 Å². The van der Waals surface area contributed by atoms with Gasteiger partial charge < -0.3 is 5.73 Å². The average molecular weight is 312 g/mol. The van der Waals surface area contributed by atoms with Gasteiger partial charge in [0.25, 0.3) is 0 Å². The monoisotopic (exact) mass is 312 g/mol. The third-order valence-electron chi connectivity index (χ3n) is 2.90. The maximum absolute atomic E-state index is 13.0. The van der Waals surface area contributed by atoms with Crippen LogP contribution in [0.3, 0.4) is 0 Å². The minimum Gasteiger partial charge on any atom is -0.326 e. The summed E-state index contributed by atoms with van der Waals surface area (Å²) in [6, 6.07) is 7.96. The van der Waals surface area contributed by atoms with Gasteiger partial charge in [0.05, 0.1) is 5.56 Å². The summed E-state index contributed by atoms with van der Waals surface area (Å²) in [4.78, 5) is 4.82. The van der Waals surface area contributed by atoms with Crippen molar-refractivity contribution in [3.63, 3.8) is 0 Å². The van der Waals surface area contributed by atoms with Gasteiger partial charge in [-0.2, -0.15) is 13.2 Å². The number of nitrogens with two attached hydrogens (primary N) is 1. The van der Waals surface area contributed by atoms with Gasteiger partial charge in [-0.3, -0.25) is 0 Å². The zero-order chi connectivity index (χ0) is 15.6. The maximum atomic E-state index is 13.0. The first-order valence-electron chi connectivity index (χ1n) is 6.33. The summed E-state index contributed by atoms with van der Waals surface area (Å²) in [5.41, 5.74) is 6.65. The molecule has 0 radical (unpaired) electrons. The highest BCUT2D eigenvalue weighted by atomic mass is 32.2. The summed E-state index contributed by atoms with van der Waals surface area (Å²) in [5, 5.41) is 0.682. The number of aromatic nitrogens is 1. The van der Waals surface area contributed by atoms with Gasteiger partial charge >= 0.3 is 6.18 Å². The minimum atomic E-state index is -4.40. The molecule has 0 saturated carbocycles. The van der Waals surface area contributed by atoms with Crippen molar-refractivity contribution in [2.24, 2.45) is 5.73 Å². The van der Waals surface area contributed by atoms with Crippen molar-refractivity contribution in [1.29, 1.82) is 0 Å². The molecule has 0 bridgehead atoms. The Morgan fingerprint density at radius 1 is 1.14 bits per heavy atom. The zero-order valence-electron chi connectivity index (χ0n) is 11.7. The lowest BCUT2D eigenvalue weighted by atomic mass is 10.1. The van der Waals surface area contributed by atoms with Gasteiger partial charge in [-0.1, -0.05) is 17.8 Å². The van der Waals surface area contributed by atoms with Gasteiger partial charge in [0.2, 0.25) is 0 Å². The molecule has 0 aliphatic carbocycles. The van der Waals surface area contributed by atoms with Gasteiger partial charge in [-0.15, -0.1) is 0 Å². The van der Waals surface area contributed by atoms with E-state index in [1.807, 2.05) is 26.0 Å². The molecule has 2 nitrogen and oxygen atoms in total. The number of benzene rings is 1. The largest absolute Gasteiger partial charge is 0.416 e. The lowest BCUT2D eigenvalue weighted by Gasteiger charge is -2.13. The SMILES string of the molecule is Cc1cc(C)nc(Sc2ccc(CN)c(C(F)(F)F)c2)c1. The van der Waals surface area contributed by atoms with Crippen LogP contribution in [0.5, 0.6) is 0 Å². The van der Waals surface area contributed by atoms with E-state index in [1.165, 1.54) is 17.8 Å². The van der Waals surface area contributed by atoms with E-state index < -0.39 is 11.7 Å². The van der Waals surface area contributed by atoms with Crippen molar-refractivity contribution in [1.82, 2.24) is 4.98 Å². The molecule has 0 spiro atoms. The van der Waals surface area contributed by atoms with E-state index in [1.54, 1.807) is 6.07 Å². The van der Waals surface area contributed by atoms with Crippen LogP contribution in [0.15, 0.2) is 40.3 Å². The molecular weight excluding hydrogens is 297 g/mol. The summed E-state index contributed by atoms with van der Waals surface area (Å²) >= 11 is 1.21. The molecule has 0 amide bonds. The molecular formula is C15H15F3N2S. The predicted molar refractivity (Wildman–Crippen MR) is 77.2 cm³/mol. The van der Waals surface area contributed by atoms with E-state index in [4.69, 9.17) is 5.73 Å². The number of hydrogen-bond donors (Lipinski definition) is 1. The van der Waals surface area contributed by atoms with Crippen LogP contribution in [-0.2, 0) is 12.7 Å². The maximum Gasteiger partial charge on any atom is 0.416 e. The second-order valence-electron chi connectivity index (χ2n) is 4.75. The Kier molecular flexibility index (Phi) is 4.58. The molecule has 0 aliphatic heterocycles. The average Bonchev–Trinajstić information content (AvgIpc) is 2.36. The molecule has 0 atom stereocenters. The van der Waals surface area contributed by atoms with E-state index >= 15 is 0 Å². The predicted octanol–water partition coefficient (Wildman–Crippen LogP) is 4.33. The molecule has 0 unspecified atom stereocenters. The van der Waals surface area contributed by atoms with Crippen LogP contribution in [0.25, 0.3) is 0 Å². The fourth-order valence-electron chi connectivity index (χ4n) is 2.04. The molecule has 1 aromatic heterocycles. The molecule has 2 N–H and O–H groups in total. The van der Waals surface area contributed by atoms with Crippen LogP contribution in [-0.4, -0.2) is 4.98 Å². The van der Waals surface area contributed by atoms with Crippen molar-refractivity contribution in [2.75, 3.05) is 0 Å². The molecule has 6 heteroatoms. The highest BCUT2D eigenvalue weighted by Gasteiger charge is 2.33. The van der Waals surface area contributed by atoms with E-state index in [-0.39, 0.29) is 12.1 Å². The number of aryl methyl sites for hydroxylation is 2. The van der Waals surface area contributed by atoms with Crippen molar-refractivity contribution in [3.8, 4) is 0 Å². The highest BCUT2D eigenvalue weighted by molar-refractivity contribution is 7.99. The van der Waals surface area contributed by atoms with Crippen molar-refractivity contribution in [3.05, 3.63) is 52.7 Å². The zero-order valence-corrected chi connectivity index (χ0v) is 12.5. The minimum absolute atomic E-state index is 0.0974. The van der Waals surface area contributed by atoms with Gasteiger partial charge in [0.1, 0.15) is 5.03 Å². The van der Waals surface area contributed by atoms with Crippen LogP contribution in [0.1, 0.15) is 22.4 Å². The Morgan fingerprint density at radius 3 is 2.43 bits per heavy atom. The quantitative estimate of drug-likeness (QED) is 0.917. The molecule has 2 rings (SSSR count). The fourth-order valence-corrected chi connectivity index (χ4v) is 3.03. The number of hydrogen-bond acceptors (Lipinski definition) is 3. The van der Waals surface area contributed by atoms with Crippen LogP contribution >= 0.6 is 11.8 Å². The summed E-state index contributed by atoms with van der Waals surface area (Å²) in [6.45, 7) is 3.65. The summed E-state index contributed by atoms with van der Waals surface area (Å²) < 4.78 is 39.0. The Morgan fingerprint density at radius 2 is 1.86 bits per heavy atom. The summed E-state index contributed by atoms with van der Waals surface area (Å²) in [5.74, 6) is 0. The van der Waals surface area contributed by atoms with E-state index in [9.17, 15) is 13.2 Å². The molecule has 0 saturated heterocycles. The molecule has 2 aromatic rings. The molecule has 112 valence electrons. The first kappa shape index (κ1) is 15.9. The lowest BCUT2D eigenvalue weighted by molar-refractivity contribution is -0.138. The van der Waals surface area contributed by atoms with Gasteiger partial charge in [0, 0.05) is 17.1 Å². The summed E-state index contributed by atoms with van der Waals surface area (Å²) in [6.07, 6.45) is -4.40. The second kappa shape index (κ2) is 6.07. The van der Waals surface area contributed by atoms with Crippen molar-refractivity contribution in [2.45, 2.75) is 36.5 Å². The van der Waals surface area contributed by atoms with Crippen LogP contribution in [0, 0.1) is 13.8 Å². The molecule has 0 fully saturated rings. The summed E-state index contributed by atoms with van der Waals surface area (Å²) in [7, 11) is 0. The standard InChI is InChI=1S/C15H15F3N2S/c1-9-5-10(2)20-14(6-9)21-12-4-3-11(8-19)13(7-12)15(16,17)18/h3-7H,8,19H2,1-2H3. The van der Waals surface area contributed by atoms with E-state index in [0.29, 0.717) is 9.92 Å². The molecule has 1 heterocycles. The number of halogens is 3. The van der Waals surface area contributed by atoms with E-state index in [2.05, 4.69) is 4.98 Å². The highest BCUT2D eigenvalue weighted by Crippen LogP contribution is 2.36. The third-order valence-corrected chi connectivity index (χ3v) is 3.81. The van der Waals surface area contributed by atoms with E-state index in [0.717, 1.165) is 17.3 Å². The van der Waals surface area contributed by atoms with Gasteiger partial charge in [-0.05, 0) is 49.2 Å². The Balaban J connectivity index is 2.37. The van der Waals surface area contributed by atoms with Crippen LogP contribution in [0.4, 0.5) is 13.2 Å². The van der Waals surface area contributed by atoms with Crippen LogP contribution in [0.2, 0.25) is 0 Å². The van der Waals surface area contributed by atoms with Crippen molar-refractivity contribution >= 4 is 11.8 Å². The Bertz CT molecular complexity index is 634. The number of rotatable bonds is 3. The second-order valence-corrected chi connectivity index (χ2v) is 5.84. The molecule has 0 aliphatic rings. The fraction of sp³-hybridized carbons (Fsp3) is 0.267. The first-order chi connectivity index (χ1) is 9.79. The normalized spacial score (nSPS) is 11.7. The molecule has 1 aromatic carbocycles.